The largest absolute Gasteiger partial charge is 0.294 e. The molecule has 0 radical (unpaired) electrons. The van der Waals surface area contributed by atoms with Crippen molar-refractivity contribution >= 4 is 27.5 Å². The number of nitrogens with zero attached hydrogens (tertiary/aromatic N) is 2. The Morgan fingerprint density at radius 3 is 2.82 bits per heavy atom. The predicted octanol–water partition coefficient (Wildman–Crippen LogP) is 3.21. The molecule has 0 spiro atoms. The second-order valence-electron chi connectivity index (χ2n) is 6.06. The predicted molar refractivity (Wildman–Crippen MR) is 89.7 cm³/mol. The van der Waals surface area contributed by atoms with Crippen LogP contribution in [0.1, 0.15) is 26.7 Å². The molecule has 2 rings (SSSR count). The van der Waals surface area contributed by atoms with Crippen LogP contribution in [0.2, 0.25) is 0 Å². The molecular formula is C15H22N2O3S2. The summed E-state index contributed by atoms with van der Waals surface area (Å²) in [5.74, 6) is 0.961. The van der Waals surface area contributed by atoms with Crippen LogP contribution in [-0.4, -0.2) is 36.4 Å². The van der Waals surface area contributed by atoms with E-state index < -0.39 is 10.1 Å². The first-order chi connectivity index (χ1) is 10.3. The summed E-state index contributed by atoms with van der Waals surface area (Å²) in [7, 11) is -3.34. The molecule has 0 amide bonds. The van der Waals surface area contributed by atoms with Gasteiger partial charge in [-0.1, -0.05) is 19.9 Å². The quantitative estimate of drug-likeness (QED) is 0.544. The van der Waals surface area contributed by atoms with Crippen LogP contribution in [0.4, 0.5) is 0 Å². The van der Waals surface area contributed by atoms with E-state index >= 15 is 0 Å². The molecule has 5 nitrogen and oxygen atoms in total. The highest BCUT2D eigenvalue weighted by Gasteiger charge is 2.19. The number of pyridine rings is 1. The average Bonchev–Trinajstić information content (AvgIpc) is 2.85. The number of thioether (sulfide) groups is 1. The van der Waals surface area contributed by atoms with Gasteiger partial charge in [0.15, 0.2) is 0 Å². The molecule has 0 bridgehead atoms. The van der Waals surface area contributed by atoms with Crippen molar-refractivity contribution in [2.45, 2.75) is 31.7 Å². The van der Waals surface area contributed by atoms with Crippen LogP contribution in [0, 0.1) is 5.41 Å². The van der Waals surface area contributed by atoms with E-state index in [1.54, 1.807) is 18.0 Å². The highest BCUT2D eigenvalue weighted by molar-refractivity contribution is 7.99. The van der Waals surface area contributed by atoms with Crippen LogP contribution in [0.25, 0.3) is 5.65 Å². The summed E-state index contributed by atoms with van der Waals surface area (Å²) in [6.45, 7) is 4.52. The topological polar surface area (TPSA) is 60.7 Å². The smallest absolute Gasteiger partial charge is 0.264 e. The Morgan fingerprint density at radius 2 is 2.09 bits per heavy atom. The molecular weight excluding hydrogens is 320 g/mol. The van der Waals surface area contributed by atoms with Crippen LogP contribution in [0.15, 0.2) is 35.6 Å². The Bertz CT molecular complexity index is 723. The highest BCUT2D eigenvalue weighted by atomic mass is 32.2. The zero-order valence-corrected chi connectivity index (χ0v) is 14.8. The van der Waals surface area contributed by atoms with Gasteiger partial charge in [-0.3, -0.25) is 8.58 Å². The summed E-state index contributed by atoms with van der Waals surface area (Å²) >= 11 is 1.78. The van der Waals surface area contributed by atoms with Gasteiger partial charge in [0.1, 0.15) is 5.65 Å². The van der Waals surface area contributed by atoms with Crippen LogP contribution in [0.5, 0.6) is 0 Å². The summed E-state index contributed by atoms with van der Waals surface area (Å²) in [4.78, 5) is 4.28. The number of hydrogen-bond donors (Lipinski definition) is 0. The van der Waals surface area contributed by atoms with Gasteiger partial charge in [0.05, 0.1) is 17.9 Å². The normalized spacial score (nSPS) is 12.9. The van der Waals surface area contributed by atoms with Crippen molar-refractivity contribution in [2.24, 2.45) is 5.41 Å². The van der Waals surface area contributed by atoms with Gasteiger partial charge in [-0.2, -0.15) is 8.42 Å². The van der Waals surface area contributed by atoms with E-state index in [1.807, 2.05) is 18.3 Å². The minimum absolute atomic E-state index is 0.0422. The first kappa shape index (κ1) is 17.3. The Kier molecular flexibility index (Phi) is 5.52. The fraction of sp³-hybridized carbons (Fsp3) is 0.533. The molecule has 0 aliphatic carbocycles. The van der Waals surface area contributed by atoms with E-state index in [2.05, 4.69) is 29.3 Å². The third-order valence-electron chi connectivity index (χ3n) is 3.50. The maximum atomic E-state index is 11.0. The number of rotatable bonds is 8. The lowest BCUT2D eigenvalue weighted by atomic mass is 9.87. The molecule has 0 fully saturated rings. The third-order valence-corrected chi connectivity index (χ3v) is 5.13. The van der Waals surface area contributed by atoms with Crippen molar-refractivity contribution in [3.63, 3.8) is 0 Å². The fourth-order valence-electron chi connectivity index (χ4n) is 2.07. The number of hydrogen-bond acceptors (Lipinski definition) is 5. The van der Waals surface area contributed by atoms with Gasteiger partial charge < -0.3 is 0 Å². The molecule has 2 aromatic heterocycles. The summed E-state index contributed by atoms with van der Waals surface area (Å²) in [6.07, 6.45) is 6.54. The maximum Gasteiger partial charge on any atom is 0.264 e. The standard InChI is InChI=1S/C15H22N2O3S2/c1-15(2,7-11-20-22(3,18)19)8-12-21-14-6-4-5-13-16-9-10-17(13)14/h4-6,9-10H,7-8,11-12H2,1-3H3. The van der Waals surface area contributed by atoms with E-state index in [-0.39, 0.29) is 12.0 Å². The minimum atomic E-state index is -3.34. The van der Waals surface area contributed by atoms with Crippen LogP contribution in [0.3, 0.4) is 0 Å². The first-order valence-corrected chi connectivity index (χ1v) is 9.96. The third kappa shape index (κ3) is 5.30. The second kappa shape index (κ2) is 7.02. The molecule has 0 saturated heterocycles. The van der Waals surface area contributed by atoms with Gasteiger partial charge in [0.2, 0.25) is 0 Å². The van der Waals surface area contributed by atoms with E-state index in [0.717, 1.165) is 35.5 Å². The summed E-state index contributed by atoms with van der Waals surface area (Å²) in [5, 5.41) is 1.16. The van der Waals surface area contributed by atoms with Crippen LogP contribution < -0.4 is 0 Å². The fourth-order valence-corrected chi connectivity index (χ4v) is 3.78. The average molecular weight is 342 g/mol. The van der Waals surface area contributed by atoms with Crippen molar-refractivity contribution in [1.29, 1.82) is 0 Å². The molecule has 2 heterocycles. The number of aromatic nitrogens is 2. The molecule has 0 aliphatic heterocycles. The Balaban J connectivity index is 1.83. The van der Waals surface area contributed by atoms with E-state index in [9.17, 15) is 8.42 Å². The molecule has 0 atom stereocenters. The zero-order valence-electron chi connectivity index (χ0n) is 13.2. The van der Waals surface area contributed by atoms with E-state index in [1.165, 1.54) is 0 Å². The lowest BCUT2D eigenvalue weighted by molar-refractivity contribution is 0.230. The van der Waals surface area contributed by atoms with Crippen LogP contribution in [-0.2, 0) is 14.3 Å². The van der Waals surface area contributed by atoms with E-state index in [0.29, 0.717) is 0 Å². The summed E-state index contributed by atoms with van der Waals surface area (Å²) < 4.78 is 28.9. The van der Waals surface area contributed by atoms with Crippen molar-refractivity contribution in [1.82, 2.24) is 9.38 Å². The minimum Gasteiger partial charge on any atom is -0.294 e. The second-order valence-corrected chi connectivity index (χ2v) is 8.82. The van der Waals surface area contributed by atoms with Gasteiger partial charge in [-0.05, 0) is 36.1 Å². The van der Waals surface area contributed by atoms with Gasteiger partial charge in [0.25, 0.3) is 10.1 Å². The zero-order chi connectivity index (χ0) is 16.2. The monoisotopic (exact) mass is 342 g/mol. The van der Waals surface area contributed by atoms with Crippen molar-refractivity contribution in [3.05, 3.63) is 30.6 Å². The molecule has 0 aliphatic rings. The lowest BCUT2D eigenvalue weighted by Crippen LogP contribution is -2.17. The molecule has 22 heavy (non-hydrogen) atoms. The number of fused-ring (bicyclic) bond motifs is 1. The van der Waals surface area contributed by atoms with Crippen LogP contribution >= 0.6 is 11.8 Å². The molecule has 0 aromatic carbocycles. The molecule has 0 unspecified atom stereocenters. The van der Waals surface area contributed by atoms with Gasteiger partial charge in [-0.25, -0.2) is 4.98 Å². The van der Waals surface area contributed by atoms with Crippen molar-refractivity contribution in [2.75, 3.05) is 18.6 Å². The molecule has 0 saturated carbocycles. The van der Waals surface area contributed by atoms with Gasteiger partial charge in [-0.15, -0.1) is 11.8 Å². The SMILES string of the molecule is CC(C)(CCOS(C)(=O)=O)CCSc1cccc2nccn12. The number of imidazole rings is 1. The highest BCUT2D eigenvalue weighted by Crippen LogP contribution is 2.29. The van der Waals surface area contributed by atoms with Gasteiger partial charge in [0, 0.05) is 12.4 Å². The molecule has 2 aromatic rings. The Hall–Kier alpha value is -1.05. The first-order valence-electron chi connectivity index (χ1n) is 7.16. The molecule has 122 valence electrons. The van der Waals surface area contributed by atoms with Crippen molar-refractivity contribution < 1.29 is 12.6 Å². The van der Waals surface area contributed by atoms with Crippen molar-refractivity contribution in [3.8, 4) is 0 Å². The molecule has 0 N–H and O–H groups in total. The maximum absolute atomic E-state index is 11.0. The summed E-state index contributed by atoms with van der Waals surface area (Å²) in [5.41, 5.74) is 0.992. The molecule has 7 heteroatoms. The van der Waals surface area contributed by atoms with Gasteiger partial charge >= 0.3 is 0 Å². The lowest BCUT2D eigenvalue weighted by Gasteiger charge is -2.24. The Labute approximate surface area is 136 Å². The summed E-state index contributed by atoms with van der Waals surface area (Å²) in [6, 6.07) is 6.07. The Morgan fingerprint density at radius 1 is 1.32 bits per heavy atom. The van der Waals surface area contributed by atoms with E-state index in [4.69, 9.17) is 4.18 Å².